The van der Waals surface area contributed by atoms with Gasteiger partial charge in [0.15, 0.2) is 0 Å². The van der Waals surface area contributed by atoms with Crippen LogP contribution in [0, 0.1) is 6.92 Å². The number of alkyl halides is 1. The van der Waals surface area contributed by atoms with E-state index in [0.29, 0.717) is 16.5 Å². The Morgan fingerprint density at radius 3 is 2.50 bits per heavy atom. The molecule has 4 heteroatoms. The third-order valence-electron chi connectivity index (χ3n) is 3.10. The minimum absolute atomic E-state index is 0.179. The van der Waals surface area contributed by atoms with Crippen molar-refractivity contribution < 1.29 is 4.79 Å². The lowest BCUT2D eigenvalue weighted by atomic mass is 10.1. The Morgan fingerprint density at radius 1 is 1.20 bits per heavy atom. The van der Waals surface area contributed by atoms with E-state index >= 15 is 0 Å². The molecule has 1 N–H and O–H groups in total. The standard InChI is InChI=1S/C16H15Cl2NO/c1-11-7-8-13(9-14(11)18)16(20)19-15(10-17)12-5-3-2-4-6-12/h2-9,15H,10H2,1H3,(H,19,20). The number of hydrogen-bond acceptors (Lipinski definition) is 1. The summed E-state index contributed by atoms with van der Waals surface area (Å²) >= 11 is 12.0. The Kier molecular flexibility index (Phi) is 5.05. The molecule has 20 heavy (non-hydrogen) atoms. The molecule has 2 aromatic carbocycles. The van der Waals surface area contributed by atoms with E-state index in [9.17, 15) is 4.79 Å². The quantitative estimate of drug-likeness (QED) is 0.836. The van der Waals surface area contributed by atoms with E-state index < -0.39 is 0 Å². The van der Waals surface area contributed by atoms with Gasteiger partial charge in [-0.15, -0.1) is 11.6 Å². The van der Waals surface area contributed by atoms with Crippen molar-refractivity contribution in [2.45, 2.75) is 13.0 Å². The van der Waals surface area contributed by atoms with Crippen molar-refractivity contribution in [3.8, 4) is 0 Å². The highest BCUT2D eigenvalue weighted by molar-refractivity contribution is 6.31. The minimum atomic E-state index is -0.217. The molecule has 0 aliphatic carbocycles. The van der Waals surface area contributed by atoms with Crippen LogP contribution in [0.15, 0.2) is 48.5 Å². The first-order valence-electron chi connectivity index (χ1n) is 6.29. The monoisotopic (exact) mass is 307 g/mol. The van der Waals surface area contributed by atoms with Crippen LogP contribution in [0.25, 0.3) is 0 Å². The van der Waals surface area contributed by atoms with Crippen molar-refractivity contribution in [2.75, 3.05) is 5.88 Å². The van der Waals surface area contributed by atoms with E-state index in [2.05, 4.69) is 5.32 Å². The third kappa shape index (κ3) is 3.53. The maximum atomic E-state index is 12.2. The van der Waals surface area contributed by atoms with E-state index in [4.69, 9.17) is 23.2 Å². The number of carbonyl (C=O) groups is 1. The Morgan fingerprint density at radius 2 is 1.90 bits per heavy atom. The summed E-state index contributed by atoms with van der Waals surface area (Å²) in [6.07, 6.45) is 0. The zero-order valence-electron chi connectivity index (χ0n) is 11.1. The number of hydrogen-bond donors (Lipinski definition) is 1. The van der Waals surface area contributed by atoms with Crippen LogP contribution in [0.5, 0.6) is 0 Å². The summed E-state index contributed by atoms with van der Waals surface area (Å²) in [5, 5.41) is 3.50. The van der Waals surface area contributed by atoms with Crippen molar-refractivity contribution in [3.63, 3.8) is 0 Å². The summed E-state index contributed by atoms with van der Waals surface area (Å²) in [5.41, 5.74) is 2.46. The maximum absolute atomic E-state index is 12.2. The number of rotatable bonds is 4. The van der Waals surface area contributed by atoms with Crippen LogP contribution in [-0.4, -0.2) is 11.8 Å². The Bertz CT molecular complexity index is 599. The second-order valence-electron chi connectivity index (χ2n) is 4.55. The number of nitrogens with one attached hydrogen (secondary N) is 1. The number of carbonyl (C=O) groups excluding carboxylic acids is 1. The lowest BCUT2D eigenvalue weighted by molar-refractivity contribution is 0.0940. The van der Waals surface area contributed by atoms with Crippen LogP contribution in [-0.2, 0) is 0 Å². The van der Waals surface area contributed by atoms with Crippen molar-refractivity contribution >= 4 is 29.1 Å². The predicted octanol–water partition coefficient (Wildman–Crippen LogP) is 4.36. The topological polar surface area (TPSA) is 29.1 Å². The van der Waals surface area contributed by atoms with Crippen LogP contribution >= 0.6 is 23.2 Å². The maximum Gasteiger partial charge on any atom is 0.251 e. The minimum Gasteiger partial charge on any atom is -0.344 e. The van der Waals surface area contributed by atoms with E-state index in [1.54, 1.807) is 12.1 Å². The molecule has 1 unspecified atom stereocenters. The summed E-state index contributed by atoms with van der Waals surface area (Å²) in [5.74, 6) is 0.136. The van der Waals surface area contributed by atoms with E-state index in [1.807, 2.05) is 43.3 Å². The summed E-state index contributed by atoms with van der Waals surface area (Å²) in [6.45, 7) is 1.90. The SMILES string of the molecule is Cc1ccc(C(=O)NC(CCl)c2ccccc2)cc1Cl. The zero-order chi connectivity index (χ0) is 14.5. The van der Waals surface area contributed by atoms with Crippen molar-refractivity contribution in [1.29, 1.82) is 0 Å². The molecule has 0 fully saturated rings. The van der Waals surface area contributed by atoms with Gasteiger partial charge in [0.2, 0.25) is 0 Å². The highest BCUT2D eigenvalue weighted by Crippen LogP contribution is 2.19. The van der Waals surface area contributed by atoms with Gasteiger partial charge in [-0.1, -0.05) is 48.0 Å². The van der Waals surface area contributed by atoms with Crippen LogP contribution in [0.2, 0.25) is 5.02 Å². The molecule has 0 aromatic heterocycles. The summed E-state index contributed by atoms with van der Waals surface area (Å²) in [7, 11) is 0. The van der Waals surface area contributed by atoms with Crippen LogP contribution in [0.4, 0.5) is 0 Å². The molecule has 0 radical (unpaired) electrons. The van der Waals surface area contributed by atoms with Crippen molar-refractivity contribution in [3.05, 3.63) is 70.2 Å². The Labute approximate surface area is 128 Å². The Hall–Kier alpha value is -1.51. The van der Waals surface area contributed by atoms with Gasteiger partial charge in [0, 0.05) is 16.5 Å². The number of benzene rings is 2. The molecule has 0 heterocycles. The third-order valence-corrected chi connectivity index (χ3v) is 3.81. The average Bonchev–Trinajstić information content (AvgIpc) is 2.48. The van der Waals surface area contributed by atoms with Gasteiger partial charge in [-0.05, 0) is 30.2 Å². The zero-order valence-corrected chi connectivity index (χ0v) is 12.6. The van der Waals surface area contributed by atoms with Gasteiger partial charge in [-0.2, -0.15) is 0 Å². The molecule has 0 spiro atoms. The van der Waals surface area contributed by atoms with Crippen molar-refractivity contribution in [2.24, 2.45) is 0 Å². The van der Waals surface area contributed by atoms with Crippen molar-refractivity contribution in [1.82, 2.24) is 5.32 Å². The molecule has 0 bridgehead atoms. The number of aryl methyl sites for hydroxylation is 1. The molecular weight excluding hydrogens is 293 g/mol. The molecule has 0 saturated carbocycles. The second-order valence-corrected chi connectivity index (χ2v) is 5.27. The van der Waals surface area contributed by atoms with Gasteiger partial charge in [-0.25, -0.2) is 0 Å². The molecule has 2 aromatic rings. The van der Waals surface area contributed by atoms with E-state index in [-0.39, 0.29) is 11.9 Å². The normalized spacial score (nSPS) is 11.9. The van der Waals surface area contributed by atoms with Crippen LogP contribution in [0.1, 0.15) is 27.5 Å². The van der Waals surface area contributed by atoms with E-state index in [1.165, 1.54) is 0 Å². The highest BCUT2D eigenvalue weighted by atomic mass is 35.5. The van der Waals surface area contributed by atoms with Gasteiger partial charge in [0.1, 0.15) is 0 Å². The fourth-order valence-corrected chi connectivity index (χ4v) is 2.31. The number of halogens is 2. The molecule has 0 aliphatic rings. The summed E-state index contributed by atoms with van der Waals surface area (Å²) in [4.78, 5) is 12.2. The smallest absolute Gasteiger partial charge is 0.251 e. The molecule has 104 valence electrons. The van der Waals surface area contributed by atoms with Crippen LogP contribution < -0.4 is 5.32 Å². The Balaban J connectivity index is 2.15. The fraction of sp³-hybridized carbons (Fsp3) is 0.188. The summed E-state index contributed by atoms with van der Waals surface area (Å²) < 4.78 is 0. The molecule has 0 aliphatic heterocycles. The molecule has 1 amide bonds. The molecule has 2 nitrogen and oxygen atoms in total. The first-order chi connectivity index (χ1) is 9.61. The molecular formula is C16H15Cl2NO. The van der Waals surface area contributed by atoms with E-state index in [0.717, 1.165) is 11.1 Å². The van der Waals surface area contributed by atoms with Gasteiger partial charge < -0.3 is 5.32 Å². The molecule has 0 saturated heterocycles. The fourth-order valence-electron chi connectivity index (χ4n) is 1.87. The highest BCUT2D eigenvalue weighted by Gasteiger charge is 2.15. The van der Waals surface area contributed by atoms with Crippen LogP contribution in [0.3, 0.4) is 0 Å². The summed E-state index contributed by atoms with van der Waals surface area (Å²) in [6, 6.07) is 14.7. The molecule has 2 rings (SSSR count). The average molecular weight is 308 g/mol. The van der Waals surface area contributed by atoms with Gasteiger partial charge in [-0.3, -0.25) is 4.79 Å². The lowest BCUT2D eigenvalue weighted by Gasteiger charge is -2.16. The first kappa shape index (κ1) is 14.9. The molecule has 1 atom stereocenters. The lowest BCUT2D eigenvalue weighted by Crippen LogP contribution is -2.29. The van der Waals surface area contributed by atoms with Gasteiger partial charge >= 0.3 is 0 Å². The first-order valence-corrected chi connectivity index (χ1v) is 7.21. The number of amides is 1. The van der Waals surface area contributed by atoms with Gasteiger partial charge in [0.25, 0.3) is 5.91 Å². The largest absolute Gasteiger partial charge is 0.344 e. The van der Waals surface area contributed by atoms with Gasteiger partial charge in [0.05, 0.1) is 6.04 Å². The predicted molar refractivity (Wildman–Crippen MR) is 83.6 cm³/mol. The second kappa shape index (κ2) is 6.78.